The third-order valence-electron chi connectivity index (χ3n) is 5.52. The minimum Gasteiger partial charge on any atom is -0.482 e. The quantitative estimate of drug-likeness (QED) is 0.296. The van der Waals surface area contributed by atoms with Gasteiger partial charge in [-0.3, -0.25) is 9.59 Å². The molecule has 1 atom stereocenters. The van der Waals surface area contributed by atoms with E-state index in [2.05, 4.69) is 5.32 Å². The topological polar surface area (TPSA) is 67.9 Å². The lowest BCUT2D eigenvalue weighted by molar-refractivity contribution is -0.143. The van der Waals surface area contributed by atoms with E-state index in [1.54, 1.807) is 48.5 Å². The van der Waals surface area contributed by atoms with E-state index in [-0.39, 0.29) is 31.0 Å². The molecule has 6 nitrogen and oxygen atoms in total. The first-order chi connectivity index (χ1) is 17.8. The Morgan fingerprint density at radius 1 is 0.973 bits per heavy atom. The molecule has 0 spiro atoms. The van der Waals surface area contributed by atoms with Gasteiger partial charge in [-0.15, -0.1) is 0 Å². The van der Waals surface area contributed by atoms with Gasteiger partial charge in [-0.25, -0.2) is 4.39 Å². The van der Waals surface area contributed by atoms with Gasteiger partial charge in [0.05, 0.1) is 11.1 Å². The van der Waals surface area contributed by atoms with Crippen molar-refractivity contribution in [2.75, 3.05) is 19.8 Å². The van der Waals surface area contributed by atoms with E-state index in [0.717, 1.165) is 0 Å². The SMILES string of the molecule is CC(C)OCCCNC(=O)[C@@H](c1ccccc1)N(Cc1ccc(F)cc1)C(=O)COc1ccccc1Cl. The highest BCUT2D eigenvalue weighted by Gasteiger charge is 2.31. The van der Waals surface area contributed by atoms with Crippen LogP contribution in [0.1, 0.15) is 37.4 Å². The second kappa shape index (κ2) is 14.4. The maximum atomic E-state index is 13.6. The van der Waals surface area contributed by atoms with Crippen LogP contribution in [-0.2, 0) is 20.9 Å². The van der Waals surface area contributed by atoms with Crippen molar-refractivity contribution in [1.29, 1.82) is 0 Å². The monoisotopic (exact) mass is 526 g/mol. The highest BCUT2D eigenvalue weighted by molar-refractivity contribution is 6.32. The van der Waals surface area contributed by atoms with E-state index < -0.39 is 11.9 Å². The molecular formula is C29H32ClFN2O4. The summed E-state index contributed by atoms with van der Waals surface area (Å²) >= 11 is 6.18. The van der Waals surface area contributed by atoms with Crippen molar-refractivity contribution in [3.05, 3.63) is 101 Å². The Kier molecular flexibility index (Phi) is 10.9. The lowest BCUT2D eigenvalue weighted by Crippen LogP contribution is -2.45. The molecule has 0 bridgehead atoms. The van der Waals surface area contributed by atoms with E-state index in [1.807, 2.05) is 32.0 Å². The molecule has 3 aromatic rings. The smallest absolute Gasteiger partial charge is 0.261 e. The van der Waals surface area contributed by atoms with Crippen molar-refractivity contribution in [1.82, 2.24) is 10.2 Å². The molecule has 0 heterocycles. The molecule has 37 heavy (non-hydrogen) atoms. The molecule has 0 aromatic heterocycles. The molecule has 196 valence electrons. The summed E-state index contributed by atoms with van der Waals surface area (Å²) in [4.78, 5) is 28.5. The molecule has 0 aliphatic rings. The first-order valence-corrected chi connectivity index (χ1v) is 12.6. The van der Waals surface area contributed by atoms with Crippen LogP contribution in [0.15, 0.2) is 78.9 Å². The third kappa shape index (κ3) is 8.88. The number of amides is 2. The van der Waals surface area contributed by atoms with Gasteiger partial charge >= 0.3 is 0 Å². The minimum atomic E-state index is -0.931. The molecule has 3 rings (SSSR count). The van der Waals surface area contributed by atoms with E-state index in [1.165, 1.54) is 17.0 Å². The van der Waals surface area contributed by atoms with Crippen LogP contribution in [0.3, 0.4) is 0 Å². The zero-order chi connectivity index (χ0) is 26.6. The first-order valence-electron chi connectivity index (χ1n) is 12.2. The van der Waals surface area contributed by atoms with Gasteiger partial charge in [0.25, 0.3) is 5.91 Å². The number of benzene rings is 3. The fraction of sp³-hybridized carbons (Fsp3) is 0.310. The van der Waals surface area contributed by atoms with Crippen LogP contribution >= 0.6 is 11.6 Å². The van der Waals surface area contributed by atoms with E-state index in [4.69, 9.17) is 21.1 Å². The zero-order valence-electron chi connectivity index (χ0n) is 21.0. The first kappa shape index (κ1) is 28.2. The average Bonchev–Trinajstić information content (AvgIpc) is 2.89. The Morgan fingerprint density at radius 2 is 1.65 bits per heavy atom. The van der Waals surface area contributed by atoms with Gasteiger partial charge in [-0.1, -0.05) is 66.2 Å². The van der Waals surface area contributed by atoms with Gasteiger partial charge in [0.15, 0.2) is 6.61 Å². The average molecular weight is 527 g/mol. The highest BCUT2D eigenvalue weighted by atomic mass is 35.5. The van der Waals surface area contributed by atoms with Crippen molar-refractivity contribution in [2.45, 2.75) is 39.0 Å². The van der Waals surface area contributed by atoms with Crippen molar-refractivity contribution in [3.63, 3.8) is 0 Å². The molecule has 0 aliphatic heterocycles. The van der Waals surface area contributed by atoms with Gasteiger partial charge in [-0.05, 0) is 55.7 Å². The number of ether oxygens (including phenoxy) is 2. The van der Waals surface area contributed by atoms with Crippen molar-refractivity contribution >= 4 is 23.4 Å². The third-order valence-corrected chi connectivity index (χ3v) is 5.83. The Hall–Kier alpha value is -3.42. The highest BCUT2D eigenvalue weighted by Crippen LogP contribution is 2.26. The Labute approximate surface area is 222 Å². The van der Waals surface area contributed by atoms with Gasteiger partial charge in [0.1, 0.15) is 17.6 Å². The minimum absolute atomic E-state index is 0.0778. The van der Waals surface area contributed by atoms with E-state index >= 15 is 0 Å². The van der Waals surface area contributed by atoms with Crippen LogP contribution in [0.2, 0.25) is 5.02 Å². The molecule has 0 radical (unpaired) electrons. The summed E-state index contributed by atoms with van der Waals surface area (Å²) in [5, 5.41) is 3.31. The molecule has 1 N–H and O–H groups in total. The summed E-state index contributed by atoms with van der Waals surface area (Å²) in [7, 11) is 0. The van der Waals surface area contributed by atoms with Crippen LogP contribution in [0, 0.1) is 5.82 Å². The lowest BCUT2D eigenvalue weighted by Gasteiger charge is -2.31. The van der Waals surface area contributed by atoms with Crippen molar-refractivity contribution in [2.24, 2.45) is 0 Å². The number of carbonyl (C=O) groups excluding carboxylic acids is 2. The normalized spacial score (nSPS) is 11.7. The molecule has 3 aromatic carbocycles. The maximum absolute atomic E-state index is 13.6. The standard InChI is InChI=1S/C29H32ClFN2O4/c1-21(2)36-18-8-17-32-29(35)28(23-9-4-3-5-10-23)33(19-22-13-15-24(31)16-14-22)27(34)20-37-26-12-7-6-11-25(26)30/h3-7,9-16,21,28H,8,17-20H2,1-2H3,(H,32,35)/t28-/m1/s1. The Bertz CT molecular complexity index is 1140. The largest absolute Gasteiger partial charge is 0.482 e. The molecule has 0 aliphatic carbocycles. The fourth-order valence-corrected chi connectivity index (χ4v) is 3.89. The zero-order valence-corrected chi connectivity index (χ0v) is 21.8. The Balaban J connectivity index is 1.85. The molecule has 2 amide bonds. The fourth-order valence-electron chi connectivity index (χ4n) is 3.70. The lowest BCUT2D eigenvalue weighted by atomic mass is 10.0. The van der Waals surface area contributed by atoms with Crippen molar-refractivity contribution < 1.29 is 23.5 Å². The Morgan fingerprint density at radius 3 is 2.32 bits per heavy atom. The van der Waals surface area contributed by atoms with E-state index in [0.29, 0.717) is 41.5 Å². The molecular weight excluding hydrogens is 495 g/mol. The number of halogens is 2. The second-order valence-corrected chi connectivity index (χ2v) is 9.15. The summed E-state index contributed by atoms with van der Waals surface area (Å²) in [6, 6.07) is 20.8. The molecule has 0 fully saturated rings. The number of para-hydroxylation sites is 1. The summed E-state index contributed by atoms with van der Waals surface area (Å²) < 4.78 is 24.8. The summed E-state index contributed by atoms with van der Waals surface area (Å²) in [6.07, 6.45) is 0.738. The van der Waals surface area contributed by atoms with Crippen molar-refractivity contribution in [3.8, 4) is 5.75 Å². The summed E-state index contributed by atoms with van der Waals surface area (Å²) in [5.74, 6) is -0.768. The van der Waals surface area contributed by atoms with Crippen LogP contribution in [-0.4, -0.2) is 42.6 Å². The van der Waals surface area contributed by atoms with Crippen LogP contribution in [0.5, 0.6) is 5.75 Å². The van der Waals surface area contributed by atoms with Gasteiger partial charge in [0, 0.05) is 19.7 Å². The molecule has 8 heteroatoms. The van der Waals surface area contributed by atoms with Gasteiger partial charge < -0.3 is 19.7 Å². The molecule has 0 saturated carbocycles. The number of nitrogens with one attached hydrogen (secondary N) is 1. The maximum Gasteiger partial charge on any atom is 0.261 e. The van der Waals surface area contributed by atoms with Crippen LogP contribution in [0.25, 0.3) is 0 Å². The molecule has 0 saturated heterocycles. The second-order valence-electron chi connectivity index (χ2n) is 8.74. The molecule has 0 unspecified atom stereocenters. The van der Waals surface area contributed by atoms with E-state index in [9.17, 15) is 14.0 Å². The number of carbonyl (C=O) groups is 2. The predicted molar refractivity (Wildman–Crippen MR) is 142 cm³/mol. The number of hydrogen-bond acceptors (Lipinski definition) is 4. The van der Waals surface area contributed by atoms with Crippen LogP contribution in [0.4, 0.5) is 4.39 Å². The number of rotatable bonds is 13. The summed E-state index contributed by atoms with van der Waals surface area (Å²) in [5.41, 5.74) is 1.32. The predicted octanol–water partition coefficient (Wildman–Crippen LogP) is 5.56. The summed E-state index contributed by atoms with van der Waals surface area (Å²) in [6.45, 7) is 4.56. The number of nitrogens with zero attached hydrogens (tertiary/aromatic N) is 1. The van der Waals surface area contributed by atoms with Crippen LogP contribution < -0.4 is 10.1 Å². The number of hydrogen-bond donors (Lipinski definition) is 1. The van der Waals surface area contributed by atoms with Gasteiger partial charge in [-0.2, -0.15) is 0 Å². The van der Waals surface area contributed by atoms with Gasteiger partial charge in [0.2, 0.25) is 5.91 Å².